The molecule has 0 radical (unpaired) electrons. The highest BCUT2D eigenvalue weighted by Crippen LogP contribution is 2.31. The molecule has 0 aliphatic carbocycles. The van der Waals surface area contributed by atoms with Gasteiger partial charge < -0.3 is 0 Å². The maximum absolute atomic E-state index is 13.4. The SMILES string of the molecule is CC(C)(C)c1nn2c(C#N)c(-c3ccc(F)c(F)c3)nc2s1. The predicted octanol–water partition coefficient (Wildman–Crippen LogP) is 3.91. The molecule has 22 heavy (non-hydrogen) atoms. The third-order valence-corrected chi connectivity index (χ3v) is 4.48. The number of imidazole rings is 1. The van der Waals surface area contributed by atoms with Crippen molar-refractivity contribution in [2.24, 2.45) is 0 Å². The average Bonchev–Trinajstić information content (AvgIpc) is 2.98. The first-order valence-corrected chi connectivity index (χ1v) is 7.38. The van der Waals surface area contributed by atoms with Crippen LogP contribution in [0, 0.1) is 23.0 Å². The van der Waals surface area contributed by atoms with Crippen LogP contribution >= 0.6 is 11.3 Å². The van der Waals surface area contributed by atoms with Crippen molar-refractivity contribution in [3.05, 3.63) is 40.5 Å². The third kappa shape index (κ3) is 2.25. The zero-order chi connectivity index (χ0) is 16.1. The van der Waals surface area contributed by atoms with E-state index in [2.05, 4.69) is 10.1 Å². The molecule has 0 saturated heterocycles. The lowest BCUT2D eigenvalue weighted by Crippen LogP contribution is -2.11. The zero-order valence-electron chi connectivity index (χ0n) is 12.2. The molecule has 0 bridgehead atoms. The van der Waals surface area contributed by atoms with Gasteiger partial charge in [-0.25, -0.2) is 13.8 Å². The normalized spacial score (nSPS) is 11.8. The monoisotopic (exact) mass is 318 g/mol. The van der Waals surface area contributed by atoms with Crippen molar-refractivity contribution in [1.82, 2.24) is 14.6 Å². The summed E-state index contributed by atoms with van der Waals surface area (Å²) in [5.41, 5.74) is 0.721. The minimum atomic E-state index is -0.971. The van der Waals surface area contributed by atoms with Crippen LogP contribution in [0.25, 0.3) is 16.2 Å². The van der Waals surface area contributed by atoms with E-state index in [0.717, 1.165) is 17.1 Å². The van der Waals surface area contributed by atoms with Crippen molar-refractivity contribution in [2.75, 3.05) is 0 Å². The van der Waals surface area contributed by atoms with Crippen LogP contribution in [0.15, 0.2) is 18.2 Å². The van der Waals surface area contributed by atoms with E-state index in [1.54, 1.807) is 0 Å². The fourth-order valence-electron chi connectivity index (χ4n) is 2.00. The van der Waals surface area contributed by atoms with Crippen LogP contribution in [-0.2, 0) is 5.41 Å². The minimum absolute atomic E-state index is 0.153. The highest BCUT2D eigenvalue weighted by molar-refractivity contribution is 7.16. The van der Waals surface area contributed by atoms with E-state index in [9.17, 15) is 14.0 Å². The highest BCUT2D eigenvalue weighted by Gasteiger charge is 2.24. The van der Waals surface area contributed by atoms with Gasteiger partial charge in [-0.1, -0.05) is 32.1 Å². The van der Waals surface area contributed by atoms with Gasteiger partial charge in [-0.2, -0.15) is 14.9 Å². The first kappa shape index (κ1) is 14.6. The second-order valence-corrected chi connectivity index (χ2v) is 6.86. The van der Waals surface area contributed by atoms with Crippen molar-refractivity contribution in [3.63, 3.8) is 0 Å². The summed E-state index contributed by atoms with van der Waals surface area (Å²) < 4.78 is 27.9. The number of aromatic nitrogens is 3. The Labute approximate surface area is 129 Å². The highest BCUT2D eigenvalue weighted by atomic mass is 32.1. The van der Waals surface area contributed by atoms with Crippen LogP contribution in [0.4, 0.5) is 8.78 Å². The van der Waals surface area contributed by atoms with Crippen LogP contribution < -0.4 is 0 Å². The van der Waals surface area contributed by atoms with Gasteiger partial charge in [-0.05, 0) is 18.2 Å². The number of rotatable bonds is 1. The van der Waals surface area contributed by atoms with E-state index in [0.29, 0.717) is 16.2 Å². The summed E-state index contributed by atoms with van der Waals surface area (Å²) in [6.07, 6.45) is 0. The summed E-state index contributed by atoms with van der Waals surface area (Å²) >= 11 is 1.38. The topological polar surface area (TPSA) is 54.0 Å². The molecule has 0 N–H and O–H groups in total. The van der Waals surface area contributed by atoms with Gasteiger partial charge in [0, 0.05) is 11.0 Å². The largest absolute Gasteiger partial charge is 0.216 e. The molecule has 0 amide bonds. The van der Waals surface area contributed by atoms with Crippen molar-refractivity contribution in [2.45, 2.75) is 26.2 Å². The van der Waals surface area contributed by atoms with E-state index in [1.807, 2.05) is 26.8 Å². The number of fused-ring (bicyclic) bond motifs is 1. The quantitative estimate of drug-likeness (QED) is 0.683. The van der Waals surface area contributed by atoms with Gasteiger partial charge in [0.25, 0.3) is 0 Å². The van der Waals surface area contributed by atoms with Crippen LogP contribution in [0.1, 0.15) is 31.5 Å². The fourth-order valence-corrected chi connectivity index (χ4v) is 2.95. The van der Waals surface area contributed by atoms with Crippen LogP contribution in [0.5, 0.6) is 0 Å². The minimum Gasteiger partial charge on any atom is -0.216 e. The van der Waals surface area contributed by atoms with Gasteiger partial charge >= 0.3 is 0 Å². The van der Waals surface area contributed by atoms with Crippen LogP contribution in [0.3, 0.4) is 0 Å². The summed E-state index contributed by atoms with van der Waals surface area (Å²) in [5, 5.41) is 14.7. The van der Waals surface area contributed by atoms with E-state index < -0.39 is 11.6 Å². The molecule has 112 valence electrons. The Kier molecular flexibility index (Phi) is 3.22. The number of nitriles is 1. The molecule has 7 heteroatoms. The Morgan fingerprint density at radius 1 is 1.23 bits per heavy atom. The molecule has 2 aromatic heterocycles. The van der Waals surface area contributed by atoms with E-state index in [-0.39, 0.29) is 11.1 Å². The van der Waals surface area contributed by atoms with Crippen molar-refractivity contribution < 1.29 is 8.78 Å². The summed E-state index contributed by atoms with van der Waals surface area (Å²) in [6, 6.07) is 5.50. The lowest BCUT2D eigenvalue weighted by Gasteiger charge is -2.12. The molecule has 0 unspecified atom stereocenters. The summed E-state index contributed by atoms with van der Waals surface area (Å²) in [4.78, 5) is 4.92. The van der Waals surface area contributed by atoms with Gasteiger partial charge in [0.1, 0.15) is 16.8 Å². The number of hydrogen-bond donors (Lipinski definition) is 0. The zero-order valence-corrected chi connectivity index (χ0v) is 13.0. The second kappa shape index (κ2) is 4.85. The van der Waals surface area contributed by atoms with Gasteiger partial charge in [-0.3, -0.25) is 0 Å². The molecule has 3 rings (SSSR count). The van der Waals surface area contributed by atoms with Crippen molar-refractivity contribution in [3.8, 4) is 17.3 Å². The summed E-state index contributed by atoms with van der Waals surface area (Å²) in [5.74, 6) is -1.91. The Bertz CT molecular complexity index is 912. The molecule has 0 fully saturated rings. The lowest BCUT2D eigenvalue weighted by molar-refractivity contribution is 0.509. The molecule has 0 atom stereocenters. The Morgan fingerprint density at radius 3 is 2.55 bits per heavy atom. The molecule has 4 nitrogen and oxygen atoms in total. The maximum Gasteiger partial charge on any atom is 0.214 e. The summed E-state index contributed by atoms with van der Waals surface area (Å²) in [6.45, 7) is 6.06. The third-order valence-electron chi connectivity index (χ3n) is 3.14. The van der Waals surface area contributed by atoms with E-state index in [4.69, 9.17) is 0 Å². The predicted molar refractivity (Wildman–Crippen MR) is 79.6 cm³/mol. The maximum atomic E-state index is 13.4. The van der Waals surface area contributed by atoms with Crippen LogP contribution in [0.2, 0.25) is 0 Å². The van der Waals surface area contributed by atoms with Gasteiger partial charge in [0.05, 0.1) is 0 Å². The van der Waals surface area contributed by atoms with Gasteiger partial charge in [0.2, 0.25) is 4.96 Å². The first-order valence-electron chi connectivity index (χ1n) is 6.57. The van der Waals surface area contributed by atoms with Crippen LogP contribution in [-0.4, -0.2) is 14.6 Å². The molecule has 3 aromatic rings. The Morgan fingerprint density at radius 2 is 1.95 bits per heavy atom. The standard InChI is InChI=1S/C15H12F2N4S/c1-15(2,3)13-20-21-11(7-18)12(19-14(21)22-13)8-4-5-9(16)10(17)6-8/h4-6H,1-3H3. The lowest BCUT2D eigenvalue weighted by atomic mass is 9.98. The number of halogens is 2. The second-order valence-electron chi connectivity index (χ2n) is 5.90. The fraction of sp³-hybridized carbons (Fsp3) is 0.267. The molecule has 2 heterocycles. The Balaban J connectivity index is 2.21. The van der Waals surface area contributed by atoms with Gasteiger partial charge in [-0.15, -0.1) is 0 Å². The first-order chi connectivity index (χ1) is 10.3. The number of nitrogens with zero attached hydrogens (tertiary/aromatic N) is 4. The molecule has 0 saturated carbocycles. The smallest absolute Gasteiger partial charge is 0.214 e. The molecule has 1 aromatic carbocycles. The van der Waals surface area contributed by atoms with E-state index in [1.165, 1.54) is 21.9 Å². The van der Waals surface area contributed by atoms with Crippen molar-refractivity contribution >= 4 is 16.3 Å². The summed E-state index contributed by atoms with van der Waals surface area (Å²) in [7, 11) is 0. The van der Waals surface area contributed by atoms with Gasteiger partial charge in [0.15, 0.2) is 17.3 Å². The molecule has 0 aliphatic heterocycles. The molecule has 0 aliphatic rings. The van der Waals surface area contributed by atoms with Crippen molar-refractivity contribution in [1.29, 1.82) is 5.26 Å². The van der Waals surface area contributed by atoms with E-state index >= 15 is 0 Å². The number of benzene rings is 1. The molecular formula is C15H12F2N4S. The molecular weight excluding hydrogens is 306 g/mol. The Hall–Kier alpha value is -2.33. The molecule has 0 spiro atoms. The average molecular weight is 318 g/mol. The number of hydrogen-bond acceptors (Lipinski definition) is 4.